The van der Waals surface area contributed by atoms with Gasteiger partial charge in [0.25, 0.3) is 0 Å². The summed E-state index contributed by atoms with van der Waals surface area (Å²) < 4.78 is 0. The number of amidine groups is 1. The van der Waals surface area contributed by atoms with E-state index in [4.69, 9.17) is 0 Å². The molecule has 0 bridgehead atoms. The molecular weight excluding hydrogens is 108 g/mol. The molecule has 0 saturated carbocycles. The third kappa shape index (κ3) is 1.31. The molecule has 7 heavy (non-hydrogen) atoms. The van der Waals surface area contributed by atoms with Gasteiger partial charge in [-0.3, -0.25) is 4.99 Å². The van der Waals surface area contributed by atoms with Crippen LogP contribution < -0.4 is 0 Å². The molecule has 0 unspecified atom stereocenters. The minimum atomic E-state index is 0.603. The van der Waals surface area contributed by atoms with Crippen molar-refractivity contribution in [2.75, 3.05) is 6.54 Å². The minimum absolute atomic E-state index is 0.603. The van der Waals surface area contributed by atoms with Crippen LogP contribution in [0.1, 0.15) is 6.42 Å². The fourth-order valence-electron chi connectivity index (χ4n) is 0.409. The lowest BCUT2D eigenvalue weighted by atomic mass is 10.4. The number of hydrogen-bond donors (Lipinski definition) is 1. The Bertz CT molecular complexity index is 117. The van der Waals surface area contributed by atoms with E-state index < -0.39 is 0 Å². The maximum absolute atomic E-state index is 3.91. The van der Waals surface area contributed by atoms with Gasteiger partial charge >= 0.3 is 0 Å². The summed E-state index contributed by atoms with van der Waals surface area (Å²) in [6, 6.07) is 0. The first-order valence-electron chi connectivity index (χ1n) is 2.15. The van der Waals surface area contributed by atoms with Crippen molar-refractivity contribution in [3.05, 3.63) is 0 Å². The van der Waals surface area contributed by atoms with Gasteiger partial charge in [-0.25, -0.2) is 4.99 Å². The average Bonchev–Trinajstić information content (AvgIpc) is 1.69. The van der Waals surface area contributed by atoms with Gasteiger partial charge in [0.15, 0.2) is 5.17 Å². The summed E-state index contributed by atoms with van der Waals surface area (Å²) >= 11 is 3.91. The lowest BCUT2D eigenvalue weighted by Crippen LogP contribution is -1.94. The van der Waals surface area contributed by atoms with Crippen LogP contribution in [0.15, 0.2) is 9.98 Å². The molecule has 0 spiro atoms. The molecule has 0 saturated heterocycles. The van der Waals surface area contributed by atoms with E-state index in [1.165, 1.54) is 0 Å². The van der Waals surface area contributed by atoms with E-state index in [0.29, 0.717) is 5.17 Å². The Morgan fingerprint density at radius 1 is 1.71 bits per heavy atom. The average molecular weight is 114 g/mol. The van der Waals surface area contributed by atoms with E-state index in [0.717, 1.165) is 13.0 Å². The molecule has 3 heteroatoms. The normalized spacial score (nSPS) is 19.3. The third-order valence-electron chi connectivity index (χ3n) is 0.718. The first kappa shape index (κ1) is 4.84. The summed E-state index contributed by atoms with van der Waals surface area (Å²) in [6.45, 7) is 0.850. The van der Waals surface area contributed by atoms with E-state index >= 15 is 0 Å². The topological polar surface area (TPSA) is 24.7 Å². The zero-order valence-electron chi connectivity index (χ0n) is 3.83. The Morgan fingerprint density at radius 3 is 2.86 bits per heavy atom. The van der Waals surface area contributed by atoms with Crippen molar-refractivity contribution in [1.82, 2.24) is 0 Å². The number of nitrogens with zero attached hydrogens (tertiary/aromatic N) is 2. The van der Waals surface area contributed by atoms with Crippen LogP contribution in [-0.2, 0) is 0 Å². The fourth-order valence-corrected chi connectivity index (χ4v) is 0.591. The third-order valence-corrected chi connectivity index (χ3v) is 0.975. The van der Waals surface area contributed by atoms with Crippen LogP contribution in [-0.4, -0.2) is 17.9 Å². The van der Waals surface area contributed by atoms with Gasteiger partial charge in [0.1, 0.15) is 0 Å². The number of hydrogen-bond acceptors (Lipinski definition) is 2. The largest absolute Gasteiger partial charge is 0.261 e. The quantitative estimate of drug-likeness (QED) is 0.449. The Hall–Kier alpha value is -0.310. The van der Waals surface area contributed by atoms with Crippen LogP contribution >= 0.6 is 12.6 Å². The van der Waals surface area contributed by atoms with Crippen LogP contribution in [0.25, 0.3) is 0 Å². The Labute approximate surface area is 47.8 Å². The van der Waals surface area contributed by atoms with E-state index in [9.17, 15) is 0 Å². The molecule has 2 nitrogen and oxygen atoms in total. The van der Waals surface area contributed by atoms with E-state index in [-0.39, 0.29) is 0 Å². The van der Waals surface area contributed by atoms with Crippen LogP contribution in [0, 0.1) is 0 Å². The molecule has 0 aromatic carbocycles. The molecule has 1 heterocycles. The summed E-state index contributed by atoms with van der Waals surface area (Å²) in [6.07, 6.45) is 2.79. The lowest BCUT2D eigenvalue weighted by molar-refractivity contribution is 1.04. The monoisotopic (exact) mass is 114 g/mol. The highest BCUT2D eigenvalue weighted by Gasteiger charge is 1.89. The highest BCUT2D eigenvalue weighted by Crippen LogP contribution is 1.93. The molecule has 1 aliphatic rings. The predicted octanol–water partition coefficient (Wildman–Crippen LogP) is 0.747. The summed E-state index contributed by atoms with van der Waals surface area (Å²) in [7, 11) is 0. The van der Waals surface area contributed by atoms with Crippen LogP contribution in [0.2, 0.25) is 0 Å². The highest BCUT2D eigenvalue weighted by atomic mass is 32.1. The van der Waals surface area contributed by atoms with Crippen molar-refractivity contribution >= 4 is 24.0 Å². The van der Waals surface area contributed by atoms with Crippen LogP contribution in [0.3, 0.4) is 0 Å². The maximum Gasteiger partial charge on any atom is 0.179 e. The molecule has 0 fully saturated rings. The molecule has 0 radical (unpaired) electrons. The Kier molecular flexibility index (Phi) is 1.46. The van der Waals surface area contributed by atoms with E-state index in [2.05, 4.69) is 22.6 Å². The predicted molar refractivity (Wildman–Crippen MR) is 34.4 cm³/mol. The minimum Gasteiger partial charge on any atom is -0.261 e. The maximum atomic E-state index is 3.91. The van der Waals surface area contributed by atoms with Crippen molar-refractivity contribution in [3.63, 3.8) is 0 Å². The molecule has 0 aliphatic carbocycles. The number of rotatable bonds is 0. The molecule has 0 aromatic heterocycles. The van der Waals surface area contributed by atoms with Crippen molar-refractivity contribution in [3.8, 4) is 0 Å². The van der Waals surface area contributed by atoms with Gasteiger partial charge in [-0.05, 0) is 0 Å². The van der Waals surface area contributed by atoms with Crippen molar-refractivity contribution < 1.29 is 0 Å². The molecule has 1 rings (SSSR count). The Morgan fingerprint density at radius 2 is 2.57 bits per heavy atom. The van der Waals surface area contributed by atoms with Gasteiger partial charge in [0, 0.05) is 19.2 Å². The van der Waals surface area contributed by atoms with E-state index in [1.54, 1.807) is 0 Å². The van der Waals surface area contributed by atoms with Crippen molar-refractivity contribution in [2.24, 2.45) is 9.98 Å². The summed E-state index contributed by atoms with van der Waals surface area (Å²) in [5, 5.41) is 0.603. The number of thiol groups is 1. The summed E-state index contributed by atoms with van der Waals surface area (Å²) in [5.41, 5.74) is 0. The molecule has 0 N–H and O–H groups in total. The molecular formula is C4H6N2S. The molecule has 0 amide bonds. The summed E-state index contributed by atoms with van der Waals surface area (Å²) in [4.78, 5) is 7.73. The molecule has 0 aromatic rings. The van der Waals surface area contributed by atoms with Crippen molar-refractivity contribution in [1.29, 1.82) is 0 Å². The van der Waals surface area contributed by atoms with Crippen LogP contribution in [0.4, 0.5) is 0 Å². The van der Waals surface area contributed by atoms with Gasteiger partial charge in [-0.15, -0.1) is 12.6 Å². The van der Waals surface area contributed by atoms with Crippen molar-refractivity contribution in [2.45, 2.75) is 6.42 Å². The lowest BCUT2D eigenvalue weighted by Gasteiger charge is -1.95. The SMILES string of the molecule is SC1=NCCC=N1. The van der Waals surface area contributed by atoms with Gasteiger partial charge in [0.05, 0.1) is 0 Å². The molecule has 38 valence electrons. The highest BCUT2D eigenvalue weighted by molar-refractivity contribution is 7.96. The Balaban J connectivity index is 2.58. The first-order chi connectivity index (χ1) is 3.39. The first-order valence-corrected chi connectivity index (χ1v) is 2.60. The van der Waals surface area contributed by atoms with Gasteiger partial charge < -0.3 is 0 Å². The zero-order valence-corrected chi connectivity index (χ0v) is 4.73. The second kappa shape index (κ2) is 2.12. The molecule has 1 aliphatic heterocycles. The zero-order chi connectivity index (χ0) is 5.11. The van der Waals surface area contributed by atoms with E-state index in [1.807, 2.05) is 6.21 Å². The second-order valence-electron chi connectivity index (χ2n) is 1.28. The van der Waals surface area contributed by atoms with Gasteiger partial charge in [-0.1, -0.05) is 0 Å². The summed E-state index contributed by atoms with van der Waals surface area (Å²) in [5.74, 6) is 0. The standard InChI is InChI=1S/C4H6N2S/c7-4-5-2-1-3-6-4/h2H,1,3H2,(H,6,7). The van der Waals surface area contributed by atoms with Gasteiger partial charge in [-0.2, -0.15) is 0 Å². The second-order valence-corrected chi connectivity index (χ2v) is 1.68. The molecule has 0 atom stereocenters. The number of aliphatic imine (C=N–C) groups is 2. The van der Waals surface area contributed by atoms with Crippen LogP contribution in [0.5, 0.6) is 0 Å². The fraction of sp³-hybridized carbons (Fsp3) is 0.500. The smallest absolute Gasteiger partial charge is 0.179 e. The van der Waals surface area contributed by atoms with Gasteiger partial charge in [0.2, 0.25) is 0 Å².